The molecule has 4 nitrogen and oxygen atoms in total. The van der Waals surface area contributed by atoms with Crippen LogP contribution in [0.25, 0.3) is 0 Å². The molecule has 0 saturated carbocycles. The smallest absolute Gasteiger partial charge is 0.267 e. The Bertz CT molecular complexity index is 309. The minimum atomic E-state index is -0.270. The van der Waals surface area contributed by atoms with Gasteiger partial charge >= 0.3 is 0 Å². The summed E-state index contributed by atoms with van der Waals surface area (Å²) in [5.41, 5.74) is 1.42. The average molecular weight is 133 g/mol. The zero-order chi connectivity index (χ0) is 6.97. The molecule has 1 amide bonds. The third kappa shape index (κ3) is 0.621. The van der Waals surface area contributed by atoms with Gasteiger partial charge in [-0.15, -0.1) is 0 Å². The number of hydrogen-bond acceptors (Lipinski definition) is 3. The Kier molecular flexibility index (Phi) is 0.887. The number of nitrogens with zero attached hydrogens (tertiary/aromatic N) is 3. The molecule has 0 spiro atoms. The van der Waals surface area contributed by atoms with Crippen LogP contribution in [0.2, 0.25) is 0 Å². The van der Waals surface area contributed by atoms with Crippen LogP contribution in [0.1, 0.15) is 0 Å². The van der Waals surface area contributed by atoms with Gasteiger partial charge in [0.15, 0.2) is 0 Å². The molecule has 0 N–H and O–H groups in total. The second-order valence-electron chi connectivity index (χ2n) is 1.93. The molecule has 0 radical (unpaired) electrons. The molecule has 0 bridgehead atoms. The van der Waals surface area contributed by atoms with Gasteiger partial charge in [-0.1, -0.05) is 0 Å². The first-order valence-corrected chi connectivity index (χ1v) is 2.77. The van der Waals surface area contributed by atoms with Gasteiger partial charge in [0.05, 0.1) is 6.20 Å². The number of carbonyl (C=O) groups is 1. The van der Waals surface area contributed by atoms with Gasteiger partial charge in [0.2, 0.25) is 0 Å². The van der Waals surface area contributed by atoms with Gasteiger partial charge in [-0.2, -0.15) is 10.2 Å². The van der Waals surface area contributed by atoms with Crippen LogP contribution < -0.4 is 0 Å². The molecule has 2 heterocycles. The summed E-state index contributed by atoms with van der Waals surface area (Å²) in [7, 11) is 0. The highest BCUT2D eigenvalue weighted by atomic mass is 16.1. The van der Waals surface area contributed by atoms with E-state index in [1.807, 2.05) is 0 Å². The van der Waals surface area contributed by atoms with Gasteiger partial charge in [-0.3, -0.25) is 4.79 Å². The van der Waals surface area contributed by atoms with Gasteiger partial charge in [-0.25, -0.2) is 4.99 Å². The molecule has 0 fully saturated rings. The van der Waals surface area contributed by atoms with Crippen LogP contribution in [-0.4, -0.2) is 12.1 Å². The molecule has 0 saturated heterocycles. The van der Waals surface area contributed by atoms with Crippen LogP contribution >= 0.6 is 0 Å². The van der Waals surface area contributed by atoms with E-state index in [2.05, 4.69) is 15.2 Å². The van der Waals surface area contributed by atoms with E-state index >= 15 is 0 Å². The fourth-order valence-corrected chi connectivity index (χ4v) is 0.776. The van der Waals surface area contributed by atoms with Gasteiger partial charge in [0.1, 0.15) is 5.70 Å². The number of azo groups is 1. The number of dihydropyridines is 1. The highest BCUT2D eigenvalue weighted by molar-refractivity contribution is 6.04. The average Bonchev–Trinajstić information content (AvgIpc) is 2.33. The highest BCUT2D eigenvalue weighted by Crippen LogP contribution is 2.19. The minimum Gasteiger partial charge on any atom is -0.267 e. The van der Waals surface area contributed by atoms with E-state index in [0.717, 1.165) is 5.57 Å². The number of aliphatic imine (C=N–C) groups is 1. The largest absolute Gasteiger partial charge is 0.271 e. The van der Waals surface area contributed by atoms with Crippen molar-refractivity contribution < 1.29 is 4.79 Å². The summed E-state index contributed by atoms with van der Waals surface area (Å²) < 4.78 is 0. The molecule has 2 aliphatic heterocycles. The lowest BCUT2D eigenvalue weighted by molar-refractivity contribution is -0.113. The molecular formula is C6H3N3O. The molecule has 2 rings (SSSR count). The molecule has 0 aromatic rings. The van der Waals surface area contributed by atoms with E-state index in [9.17, 15) is 4.79 Å². The maximum Gasteiger partial charge on any atom is 0.271 e. The first-order chi connectivity index (χ1) is 4.86. The van der Waals surface area contributed by atoms with Gasteiger partial charge in [0.25, 0.3) is 5.91 Å². The lowest BCUT2D eigenvalue weighted by Crippen LogP contribution is -1.99. The molecule has 2 aliphatic rings. The van der Waals surface area contributed by atoms with Crippen LogP contribution in [0.5, 0.6) is 0 Å². The predicted molar refractivity (Wildman–Crippen MR) is 34.5 cm³/mol. The summed E-state index contributed by atoms with van der Waals surface area (Å²) in [6.45, 7) is 0. The Morgan fingerprint density at radius 2 is 2.30 bits per heavy atom. The van der Waals surface area contributed by atoms with Crippen LogP contribution in [-0.2, 0) is 4.79 Å². The van der Waals surface area contributed by atoms with Crippen molar-refractivity contribution in [2.75, 3.05) is 0 Å². The maximum absolute atomic E-state index is 10.6. The van der Waals surface area contributed by atoms with Crippen molar-refractivity contribution in [2.45, 2.75) is 0 Å². The fraction of sp³-hybridized carbons (Fsp3) is 0. The van der Waals surface area contributed by atoms with Crippen molar-refractivity contribution in [2.24, 2.45) is 15.2 Å². The molecule has 0 aliphatic carbocycles. The van der Waals surface area contributed by atoms with Crippen LogP contribution in [0.4, 0.5) is 0 Å². The number of amides is 1. The third-order valence-electron chi connectivity index (χ3n) is 1.25. The van der Waals surface area contributed by atoms with E-state index in [4.69, 9.17) is 0 Å². The summed E-state index contributed by atoms with van der Waals surface area (Å²) in [4.78, 5) is 14.1. The SMILES string of the molecule is O=C1C=C2N=NC=C2C=N1. The van der Waals surface area contributed by atoms with Crippen LogP contribution in [0, 0.1) is 0 Å². The summed E-state index contributed by atoms with van der Waals surface area (Å²) in [5, 5.41) is 7.30. The van der Waals surface area contributed by atoms with Crippen molar-refractivity contribution in [1.82, 2.24) is 0 Å². The minimum absolute atomic E-state index is 0.270. The molecule has 48 valence electrons. The summed E-state index contributed by atoms with van der Waals surface area (Å²) >= 11 is 0. The van der Waals surface area contributed by atoms with E-state index < -0.39 is 0 Å². The molecule has 0 atom stereocenters. The second-order valence-corrected chi connectivity index (χ2v) is 1.93. The van der Waals surface area contributed by atoms with Crippen molar-refractivity contribution in [3.05, 3.63) is 23.5 Å². The van der Waals surface area contributed by atoms with Crippen LogP contribution in [0.15, 0.2) is 38.8 Å². The van der Waals surface area contributed by atoms with E-state index in [0.29, 0.717) is 5.70 Å². The Labute approximate surface area is 56.7 Å². The standard InChI is InChI=1S/C6H3N3O/c10-6-1-5-4(2-7-6)3-8-9-5/h1-3H. The fourth-order valence-electron chi connectivity index (χ4n) is 0.776. The number of carbonyl (C=O) groups excluding carboxylic acids is 1. The lowest BCUT2D eigenvalue weighted by Gasteiger charge is -1.97. The van der Waals surface area contributed by atoms with Crippen molar-refractivity contribution in [1.29, 1.82) is 0 Å². The Hall–Kier alpha value is -1.58. The second kappa shape index (κ2) is 1.70. The van der Waals surface area contributed by atoms with Crippen molar-refractivity contribution in [3.8, 4) is 0 Å². The number of hydrogen-bond donors (Lipinski definition) is 0. The van der Waals surface area contributed by atoms with Gasteiger partial charge in [0, 0.05) is 17.9 Å². The number of fused-ring (bicyclic) bond motifs is 1. The normalized spacial score (nSPS) is 20.6. The maximum atomic E-state index is 10.6. The van der Waals surface area contributed by atoms with E-state index in [1.54, 1.807) is 6.20 Å². The van der Waals surface area contributed by atoms with E-state index in [1.165, 1.54) is 12.3 Å². The first-order valence-electron chi connectivity index (χ1n) is 2.77. The number of rotatable bonds is 0. The highest BCUT2D eigenvalue weighted by Gasteiger charge is 2.13. The quantitative estimate of drug-likeness (QED) is 0.482. The van der Waals surface area contributed by atoms with E-state index in [-0.39, 0.29) is 5.91 Å². The molecular weight excluding hydrogens is 130 g/mol. The van der Waals surface area contributed by atoms with Gasteiger partial charge < -0.3 is 0 Å². The van der Waals surface area contributed by atoms with Gasteiger partial charge in [-0.05, 0) is 0 Å². The zero-order valence-electron chi connectivity index (χ0n) is 4.98. The molecule has 0 unspecified atom stereocenters. The summed E-state index contributed by atoms with van der Waals surface area (Å²) in [5.74, 6) is -0.270. The first kappa shape index (κ1) is 5.22. The molecule has 4 heteroatoms. The lowest BCUT2D eigenvalue weighted by atomic mass is 10.2. The topological polar surface area (TPSA) is 54.1 Å². The third-order valence-corrected chi connectivity index (χ3v) is 1.25. The summed E-state index contributed by atoms with van der Waals surface area (Å²) in [6, 6.07) is 0. The molecule has 0 aromatic carbocycles. The van der Waals surface area contributed by atoms with Crippen molar-refractivity contribution in [3.63, 3.8) is 0 Å². The molecule has 10 heavy (non-hydrogen) atoms. The Balaban J connectivity index is 2.51. The Morgan fingerprint density at radius 1 is 1.40 bits per heavy atom. The molecule has 0 aromatic heterocycles. The zero-order valence-corrected chi connectivity index (χ0v) is 4.98. The monoisotopic (exact) mass is 133 g/mol. The summed E-state index contributed by atoms with van der Waals surface area (Å²) in [6.07, 6.45) is 4.40. The van der Waals surface area contributed by atoms with Crippen molar-refractivity contribution >= 4 is 12.1 Å². The van der Waals surface area contributed by atoms with Crippen LogP contribution in [0.3, 0.4) is 0 Å². The predicted octanol–water partition coefficient (Wildman–Crippen LogP) is 0.831. The number of allylic oxidation sites excluding steroid dienone is 1. The Morgan fingerprint density at radius 3 is 3.20 bits per heavy atom.